The second kappa shape index (κ2) is 45.8. The van der Waals surface area contributed by atoms with Gasteiger partial charge in [-0.15, -0.1) is 13.2 Å². The van der Waals surface area contributed by atoms with Crippen LogP contribution in [0.4, 0.5) is 23.0 Å². The van der Waals surface area contributed by atoms with Crippen LogP contribution in [0.1, 0.15) is 130 Å². The van der Waals surface area contributed by atoms with Crippen LogP contribution >= 0.6 is 43.2 Å². The molecule has 4 aromatic carbocycles. The lowest BCUT2D eigenvalue weighted by molar-refractivity contribution is -0.136. The summed E-state index contributed by atoms with van der Waals surface area (Å²) < 4.78 is 185. The van der Waals surface area contributed by atoms with Crippen LogP contribution in [0.25, 0.3) is 66.8 Å². The molecule has 17 N–H and O–H groups in total. The van der Waals surface area contributed by atoms with Crippen LogP contribution in [0.3, 0.4) is 0 Å². The molecule has 42 nitrogen and oxygen atoms in total. The van der Waals surface area contributed by atoms with Crippen molar-refractivity contribution in [3.05, 3.63) is 188 Å². The largest absolute Gasteiger partial charge is 0.744 e. The van der Waals surface area contributed by atoms with Crippen molar-refractivity contribution in [2.24, 2.45) is 5.73 Å². The van der Waals surface area contributed by atoms with Crippen molar-refractivity contribution in [3.63, 3.8) is 0 Å². The zero-order valence-corrected chi connectivity index (χ0v) is 77.7. The van der Waals surface area contributed by atoms with E-state index in [0.29, 0.717) is 66.6 Å². The Bertz CT molecular complexity index is 7150. The Kier molecular flexibility index (Phi) is 35.5. The van der Waals surface area contributed by atoms with E-state index in [1.165, 1.54) is 94.9 Å². The first-order valence-electron chi connectivity index (χ1n) is 40.2. The van der Waals surface area contributed by atoms with Gasteiger partial charge in [0, 0.05) is 125 Å². The molecule has 0 bridgehead atoms. The summed E-state index contributed by atoms with van der Waals surface area (Å²) in [6, 6.07) is 15.7. The molecule has 0 radical (unpaired) electrons. The topological polar surface area (TPSA) is 727 Å². The number of nitrogens with one attached hydrogen (secondary N) is 4. The van der Waals surface area contributed by atoms with Gasteiger partial charge in [-0.05, 0) is 96.8 Å². The molecule has 12 rings (SSSR count). The molecule has 0 saturated carbocycles. The number of aromatic nitrogens is 4. The van der Waals surface area contributed by atoms with Gasteiger partial charge >= 0.3 is 29.3 Å². The number of carbonyl (C=O) groups is 6. The SMILES string of the molecule is C=CCOC1CC(n2cc(C#CCCC(=O)CCSSCCNC(=O)c3ccc(-c4c5ccc(=N)c(S(=O)(=O)[O-])c-5oc5c(S(=O)(=O)[O-])c(N)ccc45)c(C(=O)O)c3)c(N)nc2=O)OC1CC.C=CCOC1CC(n2cc(C#CCN)c(N)nc2=O)OC1CC.N=c1ccc2c(-c3ccc(C(=O)NCCSSCCC(=O)O)cc3C(=O)O)c3ccc(N)c(S(=O)(=O)[O-])c3oc-2c1S(=O)(=O)[O-]. The van der Waals surface area contributed by atoms with E-state index in [0.717, 1.165) is 55.0 Å². The van der Waals surface area contributed by atoms with Gasteiger partial charge in [0.05, 0.1) is 94.9 Å². The molecule has 6 atom stereocenters. The van der Waals surface area contributed by atoms with Crippen LogP contribution in [0, 0.1) is 34.5 Å². The smallest absolute Gasteiger partial charge is 0.351 e. The Morgan fingerprint density at radius 1 is 0.548 bits per heavy atom. The van der Waals surface area contributed by atoms with E-state index < -0.39 is 170 Å². The van der Waals surface area contributed by atoms with Crippen molar-refractivity contribution < 1.29 is 124 Å². The Morgan fingerprint density at radius 3 is 1.30 bits per heavy atom. The van der Waals surface area contributed by atoms with Gasteiger partial charge in [-0.3, -0.25) is 39.1 Å². The zero-order chi connectivity index (χ0) is 98.9. The van der Waals surface area contributed by atoms with Crippen LogP contribution in [-0.4, -0.2) is 202 Å². The second-order valence-corrected chi connectivity index (χ2v) is 39.8. The zero-order valence-electron chi connectivity index (χ0n) is 71.2. The Morgan fingerprint density at radius 2 is 0.933 bits per heavy atom. The molecule has 2 aliphatic carbocycles. The van der Waals surface area contributed by atoms with Gasteiger partial charge in [0.2, 0.25) is 0 Å². The molecular weight excluding hydrogens is 1920 g/mol. The minimum absolute atomic E-state index is 0.0197. The van der Waals surface area contributed by atoms with Gasteiger partial charge in [0.25, 0.3) is 11.8 Å². The third-order valence-electron chi connectivity index (χ3n) is 20.2. The number of anilines is 4. The third-order valence-corrected chi connectivity index (χ3v) is 28.7. The van der Waals surface area contributed by atoms with E-state index in [4.69, 9.17) is 72.4 Å². The quantitative estimate of drug-likeness (QED) is 0.00363. The molecule has 716 valence electrons. The minimum atomic E-state index is -5.47. The number of carboxylic acid groups (broad SMARTS) is 3. The third kappa shape index (κ3) is 25.6. The number of fused-ring (bicyclic) bond motifs is 4. The molecule has 6 unspecified atom stereocenters. The molecule has 2 aromatic heterocycles. The summed E-state index contributed by atoms with van der Waals surface area (Å²) in [7, 11) is -16.3. The molecule has 50 heteroatoms. The van der Waals surface area contributed by atoms with E-state index in [9.17, 15) is 100 Å². The van der Waals surface area contributed by atoms with E-state index in [2.05, 4.69) is 57.4 Å². The number of rotatable bonds is 36. The predicted octanol–water partition coefficient (Wildman–Crippen LogP) is 6.85. The summed E-state index contributed by atoms with van der Waals surface area (Å²) in [5.41, 5.74) is 23.3. The molecule has 6 heterocycles. The molecule has 4 aliphatic heterocycles. The highest BCUT2D eigenvalue weighted by Gasteiger charge is 2.39. The van der Waals surface area contributed by atoms with E-state index in [-0.39, 0.29) is 142 Å². The average molecular weight is 2010 g/mol. The van der Waals surface area contributed by atoms with E-state index in [1.807, 2.05) is 13.8 Å². The van der Waals surface area contributed by atoms with Gasteiger partial charge in [-0.1, -0.05) is 105 Å². The molecular formula is C85H85N13O29S8-4. The molecule has 0 spiro atoms. The lowest BCUT2D eigenvalue weighted by Gasteiger charge is -2.22. The summed E-state index contributed by atoms with van der Waals surface area (Å²) in [6.07, 6.45) is 7.90. The number of nitrogens with two attached hydrogens (primary N) is 5. The number of ketones is 1. The Labute approximate surface area is 785 Å². The fourth-order valence-corrected chi connectivity index (χ4v) is 21.0. The molecule has 2 amide bonds. The highest BCUT2D eigenvalue weighted by atomic mass is 33.1. The first kappa shape index (κ1) is 105. The van der Waals surface area contributed by atoms with Crippen LogP contribution in [0.5, 0.6) is 0 Å². The first-order valence-corrected chi connectivity index (χ1v) is 50.8. The van der Waals surface area contributed by atoms with Gasteiger partial charge in [-0.25, -0.2) is 52.8 Å². The van der Waals surface area contributed by atoms with Crippen molar-refractivity contribution in [2.45, 2.75) is 122 Å². The number of hydrogen-bond donors (Lipinski definition) is 12. The summed E-state index contributed by atoms with van der Waals surface area (Å²) in [6.45, 7) is 12.6. The molecule has 2 saturated heterocycles. The van der Waals surface area contributed by atoms with Gasteiger partial charge in [0.15, 0.2) is 22.7 Å². The fraction of sp³-hybridized carbons (Fsp3) is 0.294. The van der Waals surface area contributed by atoms with Crippen LogP contribution in [0.15, 0.2) is 161 Å². The first-order chi connectivity index (χ1) is 63.9. The summed E-state index contributed by atoms with van der Waals surface area (Å²) in [5, 5.41) is 48.5. The lowest BCUT2D eigenvalue weighted by atomic mass is 9.89. The van der Waals surface area contributed by atoms with Crippen molar-refractivity contribution in [2.75, 3.05) is 78.8 Å². The Balaban J connectivity index is 0.000000236. The van der Waals surface area contributed by atoms with Crippen molar-refractivity contribution in [1.82, 2.24) is 29.7 Å². The molecule has 135 heavy (non-hydrogen) atoms. The van der Waals surface area contributed by atoms with Crippen molar-refractivity contribution >= 4 is 164 Å². The van der Waals surface area contributed by atoms with E-state index >= 15 is 0 Å². The van der Waals surface area contributed by atoms with Gasteiger partial charge in [0.1, 0.15) is 89.9 Å². The maximum absolute atomic E-state index is 13.2. The van der Waals surface area contributed by atoms with E-state index in [1.54, 1.807) is 18.3 Å². The van der Waals surface area contributed by atoms with Crippen molar-refractivity contribution in [3.8, 4) is 68.6 Å². The van der Waals surface area contributed by atoms with Crippen LogP contribution in [-0.2, 0) is 69.0 Å². The lowest BCUT2D eigenvalue weighted by Crippen LogP contribution is -2.28. The number of carbonyl (C=O) groups excluding carboxylic acids is 3. The summed E-state index contributed by atoms with van der Waals surface area (Å²) >= 11 is 0. The maximum atomic E-state index is 13.2. The number of carboxylic acids is 3. The number of benzene rings is 6. The normalized spacial score (nSPS) is 16.0. The van der Waals surface area contributed by atoms with Crippen molar-refractivity contribution in [1.29, 1.82) is 10.8 Å². The molecule has 2 fully saturated rings. The maximum Gasteiger partial charge on any atom is 0.351 e. The number of ether oxygens (including phenoxy) is 4. The molecule has 6 aliphatic rings. The monoisotopic (exact) mass is 2010 g/mol. The molecule has 6 aromatic rings. The van der Waals surface area contributed by atoms with Gasteiger partial charge < -0.3 is 101 Å². The minimum Gasteiger partial charge on any atom is -0.744 e. The highest BCUT2D eigenvalue weighted by Crippen LogP contribution is 2.49. The predicted molar refractivity (Wildman–Crippen MR) is 495 cm³/mol. The summed E-state index contributed by atoms with van der Waals surface area (Å²) in [5.74, 6) is 6.06. The van der Waals surface area contributed by atoms with Gasteiger partial charge in [-0.2, -0.15) is 9.97 Å². The average Bonchev–Trinajstić information content (AvgIpc) is 1.33. The Hall–Kier alpha value is -12.3. The number of aromatic carboxylic acids is 2. The van der Waals surface area contributed by atoms with Crippen LogP contribution < -0.4 is 61.4 Å². The number of nitrogens with zero attached hydrogens (tertiary/aromatic N) is 4. The fourth-order valence-electron chi connectivity index (χ4n) is 14.3. The standard InChI is InChI=1S/C43H44N6O14S4.C26H23N3O12S4.C16H22N4O3/c1-3-17-61-33-21-34(62-32(33)4-2)49-22-24(40(46)48-43(49)54)7-5-6-8-25(50)15-18-64-65-19-16-47-41(51)23-9-10-26(29(20-23)42(52)53)35-27-11-13-30(44)38(66(55,56)57)36(27)63-37-28(35)12-14-31(45)39(37)67(58,59)60;27-17-5-3-14-20(15-4-6-18(28)24(45(38,39)40)22(15)41-21(14)23(17)44(35,36)37)13-2-1-12(11-16(13)26(33)34)25(32)29-8-10-43-42-9-7-19(30)31;1-3-8-22-13-9-14(23-12(13)4-2)20-10-11(6-5-7-17)15(18)19-16(20)21/h3,9-14,20,22,32-34,44H,1,4,6,8,15-19,21,45H2,2H3,(H,47,51)(H,52,53)(H2,46,48,54)(H,55,56,57)(H,58,59,60);1-6,11,27H,7-10,28H2,(H,29,32)(H,30,31)(H,33,34)(H,35,36,37)(H,38,39,40);3,10,12-14H,1,4,7-9,17H2,2H3,(H2,18,19,21)/p-4. The second-order valence-electron chi connectivity index (χ2n) is 29.1. The number of hydrogen-bond acceptors (Lipinski definition) is 39. The number of aliphatic carboxylic acids is 1. The number of amides is 2. The number of Topliss-reactive ketones (excluding diaryl/α,β-unsaturated/α-hetero) is 1. The highest BCUT2D eigenvalue weighted by molar-refractivity contribution is 8.77. The van der Waals surface area contributed by atoms with Crippen LogP contribution in [0.2, 0.25) is 0 Å². The summed E-state index contributed by atoms with van der Waals surface area (Å²) in [4.78, 5) is 102. The number of nitrogen functional groups attached to an aromatic ring is 4.